The van der Waals surface area contributed by atoms with Gasteiger partial charge in [-0.1, -0.05) is 39.5 Å². The highest BCUT2D eigenvalue weighted by Gasteiger charge is 2.40. The molecule has 0 aromatic carbocycles. The van der Waals surface area contributed by atoms with Crippen molar-refractivity contribution in [2.75, 3.05) is 20.1 Å². The van der Waals surface area contributed by atoms with Gasteiger partial charge in [-0.2, -0.15) is 0 Å². The van der Waals surface area contributed by atoms with E-state index >= 15 is 0 Å². The third kappa shape index (κ3) is 5.01. The van der Waals surface area contributed by atoms with Crippen molar-refractivity contribution in [1.82, 2.24) is 4.90 Å². The number of hydrogen-bond acceptors (Lipinski definition) is 1. The van der Waals surface area contributed by atoms with E-state index in [2.05, 4.69) is 25.8 Å². The van der Waals surface area contributed by atoms with Crippen molar-refractivity contribution < 1.29 is 0 Å². The third-order valence-corrected chi connectivity index (χ3v) is 3.96. The van der Waals surface area contributed by atoms with Gasteiger partial charge in [0.2, 0.25) is 0 Å². The van der Waals surface area contributed by atoms with Crippen LogP contribution < -0.4 is 0 Å². The maximum absolute atomic E-state index is 2.56. The van der Waals surface area contributed by atoms with Crippen LogP contribution in [0.25, 0.3) is 0 Å². The molecule has 0 spiro atoms. The fourth-order valence-corrected chi connectivity index (χ4v) is 2.44. The van der Waals surface area contributed by atoms with Crippen molar-refractivity contribution in [2.45, 2.75) is 65.2 Å². The molecular weight excluding hydrogens is 182 g/mol. The standard InChI is InChI=1S/C14H29N/c1-4-6-7-8-9-12-15(3)13-14(5-2)10-11-14/h4-13H2,1-3H3. The van der Waals surface area contributed by atoms with E-state index in [1.165, 1.54) is 64.5 Å². The lowest BCUT2D eigenvalue weighted by molar-refractivity contribution is 0.252. The number of hydrogen-bond donors (Lipinski definition) is 0. The van der Waals surface area contributed by atoms with Crippen LogP contribution in [0.5, 0.6) is 0 Å². The van der Waals surface area contributed by atoms with Gasteiger partial charge in [0.1, 0.15) is 0 Å². The molecule has 1 fully saturated rings. The monoisotopic (exact) mass is 211 g/mol. The highest BCUT2D eigenvalue weighted by molar-refractivity contribution is 4.93. The Morgan fingerprint density at radius 3 is 2.20 bits per heavy atom. The molecule has 1 heteroatoms. The molecule has 0 radical (unpaired) electrons. The summed E-state index contributed by atoms with van der Waals surface area (Å²) in [5, 5.41) is 0. The van der Waals surface area contributed by atoms with E-state index in [1.807, 2.05) is 0 Å². The van der Waals surface area contributed by atoms with Crippen LogP contribution in [-0.4, -0.2) is 25.0 Å². The van der Waals surface area contributed by atoms with E-state index in [4.69, 9.17) is 0 Å². The van der Waals surface area contributed by atoms with Crippen LogP contribution in [0, 0.1) is 5.41 Å². The van der Waals surface area contributed by atoms with Crippen LogP contribution in [0.4, 0.5) is 0 Å². The Morgan fingerprint density at radius 2 is 1.67 bits per heavy atom. The second-order valence-electron chi connectivity index (χ2n) is 5.51. The lowest BCUT2D eigenvalue weighted by Crippen LogP contribution is -2.27. The molecule has 0 unspecified atom stereocenters. The van der Waals surface area contributed by atoms with Gasteiger partial charge >= 0.3 is 0 Å². The molecule has 1 saturated carbocycles. The van der Waals surface area contributed by atoms with Crippen molar-refractivity contribution >= 4 is 0 Å². The summed E-state index contributed by atoms with van der Waals surface area (Å²) in [6.45, 7) is 7.29. The molecule has 1 aliphatic rings. The molecule has 1 aliphatic carbocycles. The molecule has 1 rings (SSSR count). The van der Waals surface area contributed by atoms with E-state index in [9.17, 15) is 0 Å². The molecule has 0 bridgehead atoms. The Balaban J connectivity index is 1.96. The van der Waals surface area contributed by atoms with Gasteiger partial charge in [0.15, 0.2) is 0 Å². The van der Waals surface area contributed by atoms with Gasteiger partial charge in [0, 0.05) is 6.54 Å². The van der Waals surface area contributed by atoms with Crippen LogP contribution in [-0.2, 0) is 0 Å². The largest absolute Gasteiger partial charge is 0.306 e. The SMILES string of the molecule is CCCCCCCN(C)CC1(CC)CC1. The smallest absolute Gasteiger partial charge is 0.00348 e. The summed E-state index contributed by atoms with van der Waals surface area (Å²) in [5.74, 6) is 0. The van der Waals surface area contributed by atoms with Gasteiger partial charge in [-0.25, -0.2) is 0 Å². The van der Waals surface area contributed by atoms with E-state index < -0.39 is 0 Å². The first-order valence-electron chi connectivity index (χ1n) is 6.91. The molecule has 0 atom stereocenters. The van der Waals surface area contributed by atoms with Crippen LogP contribution >= 0.6 is 0 Å². The molecule has 0 aromatic rings. The molecular formula is C14H29N. The van der Waals surface area contributed by atoms with E-state index in [-0.39, 0.29) is 0 Å². The maximum Gasteiger partial charge on any atom is 0.00348 e. The summed E-state index contributed by atoms with van der Waals surface area (Å²) in [6, 6.07) is 0. The molecule has 90 valence electrons. The average molecular weight is 211 g/mol. The maximum atomic E-state index is 2.56. The lowest BCUT2D eigenvalue weighted by Gasteiger charge is -2.22. The van der Waals surface area contributed by atoms with Crippen molar-refractivity contribution in [1.29, 1.82) is 0 Å². The summed E-state index contributed by atoms with van der Waals surface area (Å²) in [5.41, 5.74) is 0.734. The minimum Gasteiger partial charge on any atom is -0.306 e. The zero-order valence-electron chi connectivity index (χ0n) is 11.0. The van der Waals surface area contributed by atoms with E-state index in [0.29, 0.717) is 0 Å². The fourth-order valence-electron chi connectivity index (χ4n) is 2.44. The van der Waals surface area contributed by atoms with Gasteiger partial charge in [0.05, 0.1) is 0 Å². The number of unbranched alkanes of at least 4 members (excludes halogenated alkanes) is 4. The van der Waals surface area contributed by atoms with Gasteiger partial charge in [-0.15, -0.1) is 0 Å². The van der Waals surface area contributed by atoms with Gasteiger partial charge < -0.3 is 4.90 Å². The Bertz CT molecular complexity index is 161. The molecule has 0 saturated heterocycles. The Hall–Kier alpha value is -0.0400. The first kappa shape index (κ1) is 13.0. The molecule has 0 aliphatic heterocycles. The van der Waals surface area contributed by atoms with Gasteiger partial charge in [-0.05, 0) is 44.7 Å². The van der Waals surface area contributed by atoms with Crippen LogP contribution in [0.15, 0.2) is 0 Å². The normalized spacial score (nSPS) is 18.4. The third-order valence-electron chi connectivity index (χ3n) is 3.96. The minimum atomic E-state index is 0.734. The quantitative estimate of drug-likeness (QED) is 0.519. The predicted octanol–water partition coefficient (Wildman–Crippen LogP) is 4.08. The first-order valence-corrected chi connectivity index (χ1v) is 6.91. The van der Waals surface area contributed by atoms with Crippen LogP contribution in [0.3, 0.4) is 0 Å². The molecule has 0 amide bonds. The number of nitrogens with zero attached hydrogens (tertiary/aromatic N) is 1. The van der Waals surface area contributed by atoms with E-state index in [1.54, 1.807) is 0 Å². The highest BCUT2D eigenvalue weighted by Crippen LogP contribution is 2.48. The zero-order valence-corrected chi connectivity index (χ0v) is 11.0. The fraction of sp³-hybridized carbons (Fsp3) is 1.00. The Labute approximate surface area is 96.2 Å². The summed E-state index contributed by atoms with van der Waals surface area (Å²) >= 11 is 0. The average Bonchev–Trinajstić information content (AvgIpc) is 2.98. The minimum absolute atomic E-state index is 0.734. The van der Waals surface area contributed by atoms with Crippen molar-refractivity contribution in [2.24, 2.45) is 5.41 Å². The van der Waals surface area contributed by atoms with Crippen LogP contribution in [0.1, 0.15) is 65.2 Å². The van der Waals surface area contributed by atoms with Crippen molar-refractivity contribution in [3.8, 4) is 0 Å². The summed E-state index contributed by atoms with van der Waals surface area (Å²) in [7, 11) is 2.30. The van der Waals surface area contributed by atoms with Crippen molar-refractivity contribution in [3.63, 3.8) is 0 Å². The second kappa shape index (κ2) is 6.52. The van der Waals surface area contributed by atoms with E-state index in [0.717, 1.165) is 5.41 Å². The van der Waals surface area contributed by atoms with Crippen molar-refractivity contribution in [3.05, 3.63) is 0 Å². The molecule has 0 aromatic heterocycles. The van der Waals surface area contributed by atoms with Crippen LogP contribution in [0.2, 0.25) is 0 Å². The summed E-state index contributed by atoms with van der Waals surface area (Å²) < 4.78 is 0. The molecule has 15 heavy (non-hydrogen) atoms. The molecule has 1 nitrogen and oxygen atoms in total. The van der Waals surface area contributed by atoms with Gasteiger partial charge in [0.25, 0.3) is 0 Å². The predicted molar refractivity (Wildman–Crippen MR) is 68.2 cm³/mol. The Morgan fingerprint density at radius 1 is 1.00 bits per heavy atom. The molecule has 0 N–H and O–H groups in total. The zero-order chi connectivity index (χ0) is 11.1. The summed E-state index contributed by atoms with van der Waals surface area (Å²) in [4.78, 5) is 2.56. The van der Waals surface area contributed by atoms with Gasteiger partial charge in [-0.3, -0.25) is 0 Å². The lowest BCUT2D eigenvalue weighted by atomic mass is 10.0. The topological polar surface area (TPSA) is 3.24 Å². The number of rotatable bonds is 9. The second-order valence-corrected chi connectivity index (χ2v) is 5.51. The summed E-state index contributed by atoms with van der Waals surface area (Å²) in [6.07, 6.45) is 11.4. The Kier molecular flexibility index (Phi) is 5.66. The highest BCUT2D eigenvalue weighted by atomic mass is 15.1. The first-order chi connectivity index (χ1) is 7.22. The molecule has 0 heterocycles.